The van der Waals surface area contributed by atoms with Crippen LogP contribution >= 0.6 is 0 Å². The number of rotatable bonds is 3. The zero-order chi connectivity index (χ0) is 12.4. The van der Waals surface area contributed by atoms with E-state index in [-0.39, 0.29) is 5.78 Å². The SMILES string of the molecule is CC(C)=O.CCC(O)N=Nc1ccccc1. The van der Waals surface area contributed by atoms with Gasteiger partial charge in [-0.3, -0.25) is 0 Å². The highest BCUT2D eigenvalue weighted by atomic mass is 16.3. The third-order valence-corrected chi connectivity index (χ3v) is 1.43. The van der Waals surface area contributed by atoms with E-state index in [1.165, 1.54) is 13.8 Å². The van der Waals surface area contributed by atoms with Gasteiger partial charge in [0, 0.05) is 0 Å². The van der Waals surface area contributed by atoms with Crippen molar-refractivity contribution in [2.24, 2.45) is 10.2 Å². The molecule has 0 aliphatic carbocycles. The second-order valence-electron chi connectivity index (χ2n) is 3.35. The maximum Gasteiger partial charge on any atom is 0.165 e. The van der Waals surface area contributed by atoms with Gasteiger partial charge in [0.2, 0.25) is 0 Å². The molecule has 0 spiro atoms. The molecule has 0 bridgehead atoms. The lowest BCUT2D eigenvalue weighted by Gasteiger charge is -1.96. The minimum Gasteiger partial charge on any atom is -0.370 e. The van der Waals surface area contributed by atoms with Gasteiger partial charge in [-0.25, -0.2) is 0 Å². The molecule has 16 heavy (non-hydrogen) atoms. The maximum atomic E-state index is 9.44. The molecule has 1 aromatic rings. The Labute approximate surface area is 96.0 Å². The molecule has 0 saturated heterocycles. The van der Waals surface area contributed by atoms with E-state index in [1.54, 1.807) is 0 Å². The number of aliphatic hydroxyl groups is 1. The highest BCUT2D eigenvalue weighted by Gasteiger charge is 1.93. The quantitative estimate of drug-likeness (QED) is 0.799. The van der Waals surface area contributed by atoms with Crippen LogP contribution < -0.4 is 0 Å². The van der Waals surface area contributed by atoms with Crippen molar-refractivity contribution in [3.8, 4) is 0 Å². The first-order valence-corrected chi connectivity index (χ1v) is 5.17. The summed E-state index contributed by atoms with van der Waals surface area (Å²) in [5.74, 6) is 0.167. The third kappa shape index (κ3) is 9.02. The number of aliphatic hydroxyl groups excluding tert-OH is 1. The Kier molecular flexibility index (Phi) is 7.89. The molecule has 0 fully saturated rings. The van der Waals surface area contributed by atoms with Gasteiger partial charge in [-0.05, 0) is 32.4 Å². The summed E-state index contributed by atoms with van der Waals surface area (Å²) in [6.07, 6.45) is -0.0822. The molecule has 0 amide bonds. The van der Waals surface area contributed by atoms with Crippen molar-refractivity contribution in [3.05, 3.63) is 30.3 Å². The van der Waals surface area contributed by atoms with Crippen LogP contribution in [0.15, 0.2) is 40.6 Å². The molecule has 1 unspecified atom stereocenters. The standard InChI is InChI=1S/C9H12N2O.C3H6O/c1-2-9(12)11-10-8-6-4-3-5-7-8;1-3(2)4/h3-7,9,12H,2H2,1H3;1-2H3. The molecule has 0 aromatic heterocycles. The molecule has 88 valence electrons. The molecular formula is C12H18N2O2. The Hall–Kier alpha value is -1.55. The van der Waals surface area contributed by atoms with Gasteiger partial charge < -0.3 is 9.90 Å². The average molecular weight is 222 g/mol. The topological polar surface area (TPSA) is 62.0 Å². The molecular weight excluding hydrogens is 204 g/mol. The fraction of sp³-hybridized carbons (Fsp3) is 0.417. The van der Waals surface area contributed by atoms with Gasteiger partial charge in [0.05, 0.1) is 5.69 Å². The predicted molar refractivity (Wildman–Crippen MR) is 63.6 cm³/mol. The normalized spacial score (nSPS) is 11.8. The van der Waals surface area contributed by atoms with E-state index >= 15 is 0 Å². The Balaban J connectivity index is 0.000000487. The third-order valence-electron chi connectivity index (χ3n) is 1.43. The number of ketones is 1. The van der Waals surface area contributed by atoms with Crippen molar-refractivity contribution in [1.82, 2.24) is 0 Å². The first-order valence-electron chi connectivity index (χ1n) is 5.17. The second-order valence-corrected chi connectivity index (χ2v) is 3.35. The molecule has 1 atom stereocenters. The molecule has 0 aliphatic rings. The van der Waals surface area contributed by atoms with Crippen molar-refractivity contribution >= 4 is 11.5 Å². The van der Waals surface area contributed by atoms with Gasteiger partial charge >= 0.3 is 0 Å². The highest BCUT2D eigenvalue weighted by Crippen LogP contribution is 2.10. The van der Waals surface area contributed by atoms with E-state index in [1.807, 2.05) is 37.3 Å². The van der Waals surface area contributed by atoms with E-state index < -0.39 is 6.23 Å². The molecule has 4 heteroatoms. The lowest BCUT2D eigenvalue weighted by Crippen LogP contribution is -1.96. The minimum absolute atomic E-state index is 0.167. The number of benzene rings is 1. The number of Topliss-reactive ketones (excluding diaryl/α,β-unsaturated/α-hetero) is 1. The van der Waals surface area contributed by atoms with Crippen molar-refractivity contribution in [2.75, 3.05) is 0 Å². The van der Waals surface area contributed by atoms with Crippen LogP contribution in [0, 0.1) is 0 Å². The van der Waals surface area contributed by atoms with E-state index in [4.69, 9.17) is 5.11 Å². The van der Waals surface area contributed by atoms with Gasteiger partial charge in [0.15, 0.2) is 6.23 Å². The van der Waals surface area contributed by atoms with Crippen molar-refractivity contribution in [2.45, 2.75) is 33.4 Å². The van der Waals surface area contributed by atoms with Crippen molar-refractivity contribution in [3.63, 3.8) is 0 Å². The summed E-state index contributed by atoms with van der Waals surface area (Å²) in [6.45, 7) is 4.91. The summed E-state index contributed by atoms with van der Waals surface area (Å²) in [4.78, 5) is 9.44. The van der Waals surface area contributed by atoms with Crippen LogP contribution in [0.2, 0.25) is 0 Å². The number of carbonyl (C=O) groups is 1. The van der Waals surface area contributed by atoms with Gasteiger partial charge in [0.1, 0.15) is 5.78 Å². The van der Waals surface area contributed by atoms with Crippen molar-refractivity contribution in [1.29, 1.82) is 0 Å². The first kappa shape index (κ1) is 14.5. The maximum absolute atomic E-state index is 9.44. The molecule has 1 aromatic carbocycles. The summed E-state index contributed by atoms with van der Waals surface area (Å²) in [7, 11) is 0. The fourth-order valence-corrected chi connectivity index (χ4v) is 0.710. The van der Waals surface area contributed by atoms with E-state index in [9.17, 15) is 4.79 Å². The summed E-state index contributed by atoms with van der Waals surface area (Å²) in [6, 6.07) is 9.35. The largest absolute Gasteiger partial charge is 0.370 e. The number of azo groups is 1. The average Bonchev–Trinajstić information content (AvgIpc) is 2.26. The minimum atomic E-state index is -0.676. The fourth-order valence-electron chi connectivity index (χ4n) is 0.710. The Morgan fingerprint density at radius 2 is 1.81 bits per heavy atom. The lowest BCUT2D eigenvalue weighted by atomic mass is 10.3. The van der Waals surface area contributed by atoms with Crippen LogP contribution in [0.5, 0.6) is 0 Å². The van der Waals surface area contributed by atoms with E-state index in [0.717, 1.165) is 5.69 Å². The Morgan fingerprint density at radius 3 is 2.25 bits per heavy atom. The summed E-state index contributed by atoms with van der Waals surface area (Å²) in [5.41, 5.74) is 0.769. The number of carbonyl (C=O) groups excluding carboxylic acids is 1. The Morgan fingerprint density at radius 1 is 1.31 bits per heavy atom. The van der Waals surface area contributed by atoms with Crippen LogP contribution in [-0.2, 0) is 4.79 Å². The monoisotopic (exact) mass is 222 g/mol. The van der Waals surface area contributed by atoms with Crippen LogP contribution in [0.25, 0.3) is 0 Å². The molecule has 1 N–H and O–H groups in total. The molecule has 0 heterocycles. The number of hydrogen-bond donors (Lipinski definition) is 1. The number of hydrogen-bond acceptors (Lipinski definition) is 4. The smallest absolute Gasteiger partial charge is 0.165 e. The lowest BCUT2D eigenvalue weighted by molar-refractivity contribution is -0.114. The van der Waals surface area contributed by atoms with Crippen molar-refractivity contribution < 1.29 is 9.90 Å². The van der Waals surface area contributed by atoms with E-state index in [2.05, 4.69) is 10.2 Å². The second kappa shape index (κ2) is 8.73. The van der Waals surface area contributed by atoms with Crippen LogP contribution in [0.1, 0.15) is 27.2 Å². The predicted octanol–water partition coefficient (Wildman–Crippen LogP) is 3.09. The molecule has 4 nitrogen and oxygen atoms in total. The van der Waals surface area contributed by atoms with Crippen LogP contribution in [-0.4, -0.2) is 17.1 Å². The van der Waals surface area contributed by atoms with Crippen LogP contribution in [0.4, 0.5) is 5.69 Å². The molecule has 1 rings (SSSR count). The van der Waals surface area contributed by atoms with Gasteiger partial charge in [0.25, 0.3) is 0 Å². The highest BCUT2D eigenvalue weighted by molar-refractivity contribution is 5.72. The van der Waals surface area contributed by atoms with Gasteiger partial charge in [-0.15, -0.1) is 0 Å². The zero-order valence-electron chi connectivity index (χ0n) is 9.92. The summed E-state index contributed by atoms with van der Waals surface area (Å²) in [5, 5.41) is 16.6. The van der Waals surface area contributed by atoms with Gasteiger partial charge in [-0.2, -0.15) is 10.2 Å². The molecule has 0 saturated carbocycles. The molecule has 0 aliphatic heterocycles. The summed E-state index contributed by atoms with van der Waals surface area (Å²) >= 11 is 0. The summed E-state index contributed by atoms with van der Waals surface area (Å²) < 4.78 is 0. The number of nitrogens with zero attached hydrogens (tertiary/aromatic N) is 2. The zero-order valence-corrected chi connectivity index (χ0v) is 9.92. The molecule has 0 radical (unpaired) electrons. The van der Waals surface area contributed by atoms with Gasteiger partial charge in [-0.1, -0.05) is 25.1 Å². The van der Waals surface area contributed by atoms with Crippen LogP contribution in [0.3, 0.4) is 0 Å². The Bertz CT molecular complexity index is 319. The first-order chi connectivity index (χ1) is 7.56. The van der Waals surface area contributed by atoms with E-state index in [0.29, 0.717) is 6.42 Å².